The van der Waals surface area contributed by atoms with Gasteiger partial charge in [-0.25, -0.2) is 18.4 Å². The van der Waals surface area contributed by atoms with Crippen molar-refractivity contribution in [3.63, 3.8) is 0 Å². The lowest BCUT2D eigenvalue weighted by Crippen LogP contribution is -2.39. The maximum atomic E-state index is 14.0. The Morgan fingerprint density at radius 2 is 2.21 bits per heavy atom. The van der Waals surface area contributed by atoms with Gasteiger partial charge < -0.3 is 19.4 Å². The molecule has 0 unspecified atom stereocenters. The molecule has 2 aromatic heterocycles. The Hall–Kier alpha value is -2.89. The van der Waals surface area contributed by atoms with Crippen LogP contribution in [0, 0.1) is 6.92 Å². The summed E-state index contributed by atoms with van der Waals surface area (Å²) in [5.41, 5.74) is 0.0165. The first-order chi connectivity index (χ1) is 13.3. The molecule has 1 N–H and O–H groups in total. The summed E-state index contributed by atoms with van der Waals surface area (Å²) >= 11 is 0. The summed E-state index contributed by atoms with van der Waals surface area (Å²) in [4.78, 5) is 29.5. The third kappa shape index (κ3) is 4.50. The van der Waals surface area contributed by atoms with Gasteiger partial charge in [-0.05, 0) is 0 Å². The second-order valence-corrected chi connectivity index (χ2v) is 6.47. The highest BCUT2D eigenvalue weighted by Gasteiger charge is 2.47. The van der Waals surface area contributed by atoms with Crippen LogP contribution in [-0.4, -0.2) is 75.5 Å². The van der Waals surface area contributed by atoms with Crippen LogP contribution in [0.25, 0.3) is 0 Å². The number of methoxy groups -OCH3 is 1. The van der Waals surface area contributed by atoms with E-state index in [0.717, 1.165) is 11.2 Å². The summed E-state index contributed by atoms with van der Waals surface area (Å²) in [6.07, 6.45) is 1.97. The van der Waals surface area contributed by atoms with Crippen LogP contribution in [0.4, 0.5) is 8.78 Å². The molecule has 0 bridgehead atoms. The van der Waals surface area contributed by atoms with E-state index in [9.17, 15) is 18.4 Å². The molecule has 0 aromatic carbocycles. The van der Waals surface area contributed by atoms with E-state index in [1.54, 1.807) is 6.92 Å². The molecule has 152 valence electrons. The fourth-order valence-corrected chi connectivity index (χ4v) is 2.97. The normalized spacial score (nSPS) is 18.4. The topological polar surface area (TPSA) is 115 Å². The zero-order valence-corrected chi connectivity index (χ0v) is 15.4. The number of rotatable bonds is 7. The first-order valence-electron chi connectivity index (χ1n) is 8.57. The first-order valence-corrected chi connectivity index (χ1v) is 8.57. The molecule has 0 spiro atoms. The fourth-order valence-electron chi connectivity index (χ4n) is 2.97. The second kappa shape index (κ2) is 8.00. The van der Waals surface area contributed by atoms with Gasteiger partial charge in [-0.1, -0.05) is 5.21 Å². The number of aryl methyl sites for hydroxylation is 1. The van der Waals surface area contributed by atoms with E-state index >= 15 is 0 Å². The molecule has 12 heteroatoms. The highest BCUT2D eigenvalue weighted by Crippen LogP contribution is 2.33. The van der Waals surface area contributed by atoms with Crippen molar-refractivity contribution in [2.45, 2.75) is 31.9 Å². The Labute approximate surface area is 158 Å². The molecular weight excluding hydrogens is 378 g/mol. The van der Waals surface area contributed by atoms with Crippen molar-refractivity contribution in [3.05, 3.63) is 29.7 Å². The van der Waals surface area contributed by atoms with Crippen LogP contribution in [0.5, 0.6) is 0 Å². The number of halogens is 2. The van der Waals surface area contributed by atoms with E-state index in [4.69, 9.17) is 9.15 Å². The quantitative estimate of drug-likeness (QED) is 0.675. The zero-order valence-electron chi connectivity index (χ0n) is 15.4. The summed E-state index contributed by atoms with van der Waals surface area (Å²) in [6, 6.07) is -0.828. The van der Waals surface area contributed by atoms with E-state index < -0.39 is 36.7 Å². The van der Waals surface area contributed by atoms with Crippen molar-refractivity contribution in [2.24, 2.45) is 0 Å². The van der Waals surface area contributed by atoms with Gasteiger partial charge in [0.1, 0.15) is 6.26 Å². The highest BCUT2D eigenvalue weighted by molar-refractivity contribution is 5.92. The Morgan fingerprint density at radius 1 is 1.43 bits per heavy atom. The molecule has 1 aliphatic rings. The molecule has 1 aliphatic heterocycles. The van der Waals surface area contributed by atoms with Crippen molar-refractivity contribution in [3.8, 4) is 0 Å². The Kier molecular flexibility index (Phi) is 5.68. The van der Waals surface area contributed by atoms with Crippen LogP contribution < -0.4 is 5.32 Å². The third-order valence-corrected chi connectivity index (χ3v) is 4.24. The number of hydrogen-bond donors (Lipinski definition) is 1. The van der Waals surface area contributed by atoms with Gasteiger partial charge in [0, 0.05) is 27.0 Å². The van der Waals surface area contributed by atoms with Crippen LogP contribution in [-0.2, 0) is 11.3 Å². The maximum absolute atomic E-state index is 14.0. The Balaban J connectivity index is 1.69. The van der Waals surface area contributed by atoms with Gasteiger partial charge in [-0.3, -0.25) is 9.59 Å². The number of likely N-dealkylation sites (tertiary alicyclic amines) is 1. The predicted octanol–water partition coefficient (Wildman–Crippen LogP) is 0.501. The standard InChI is InChI=1S/C16H20F2N6O4/c1-10-20-13(8-28-10)15(26)24-9-16(17,18)5-11(24)6-23-7-12(21-22-23)14(25)19-3-4-27-2/h7-8,11H,3-6,9H2,1-2H3,(H,19,25)/t11-/m0/s1. The van der Waals surface area contributed by atoms with E-state index in [1.165, 1.54) is 18.0 Å². The second-order valence-electron chi connectivity index (χ2n) is 6.47. The lowest BCUT2D eigenvalue weighted by atomic mass is 10.2. The predicted molar refractivity (Wildman–Crippen MR) is 89.9 cm³/mol. The van der Waals surface area contributed by atoms with Crippen LogP contribution in [0.1, 0.15) is 33.3 Å². The van der Waals surface area contributed by atoms with Gasteiger partial charge >= 0.3 is 0 Å². The number of nitrogens with zero attached hydrogens (tertiary/aromatic N) is 5. The van der Waals surface area contributed by atoms with E-state index in [1.807, 2.05) is 0 Å². The van der Waals surface area contributed by atoms with Crippen LogP contribution in [0.15, 0.2) is 16.9 Å². The number of hydrogen-bond acceptors (Lipinski definition) is 7. The smallest absolute Gasteiger partial charge is 0.276 e. The number of nitrogens with one attached hydrogen (secondary N) is 1. The monoisotopic (exact) mass is 398 g/mol. The molecule has 1 atom stereocenters. The number of carbonyl (C=O) groups is 2. The van der Waals surface area contributed by atoms with Crippen LogP contribution >= 0.6 is 0 Å². The molecule has 3 rings (SSSR count). The Morgan fingerprint density at radius 3 is 2.89 bits per heavy atom. The molecule has 0 aliphatic carbocycles. The summed E-state index contributed by atoms with van der Waals surface area (Å²) in [6.45, 7) is 1.45. The molecule has 28 heavy (non-hydrogen) atoms. The summed E-state index contributed by atoms with van der Waals surface area (Å²) in [7, 11) is 1.51. The zero-order chi connectivity index (χ0) is 20.3. The number of alkyl halides is 2. The number of carbonyl (C=O) groups excluding carboxylic acids is 2. The minimum atomic E-state index is -3.03. The number of aromatic nitrogens is 4. The van der Waals surface area contributed by atoms with Crippen molar-refractivity contribution in [1.82, 2.24) is 30.2 Å². The minimum absolute atomic E-state index is 0.0306. The molecule has 3 heterocycles. The largest absolute Gasteiger partial charge is 0.448 e. The lowest BCUT2D eigenvalue weighted by molar-refractivity contribution is 0.0116. The molecule has 2 aromatic rings. The molecule has 1 fully saturated rings. The summed E-state index contributed by atoms with van der Waals surface area (Å²) in [5.74, 6) is -3.85. The lowest BCUT2D eigenvalue weighted by Gasteiger charge is -2.22. The molecule has 0 saturated carbocycles. The number of oxazole rings is 1. The molecule has 1 saturated heterocycles. The van der Waals surface area contributed by atoms with Gasteiger partial charge in [0.05, 0.1) is 31.9 Å². The van der Waals surface area contributed by atoms with Gasteiger partial charge in [0.15, 0.2) is 17.3 Å². The maximum Gasteiger partial charge on any atom is 0.276 e. The number of amides is 2. The summed E-state index contributed by atoms with van der Waals surface area (Å²) < 4.78 is 39.1. The van der Waals surface area contributed by atoms with Crippen molar-refractivity contribution < 1.29 is 27.5 Å². The molecule has 0 radical (unpaired) electrons. The van der Waals surface area contributed by atoms with Gasteiger partial charge in [0.2, 0.25) is 0 Å². The van der Waals surface area contributed by atoms with Crippen LogP contribution in [0.3, 0.4) is 0 Å². The average Bonchev–Trinajstić information content (AvgIpc) is 3.34. The first kappa shape index (κ1) is 19.9. The average molecular weight is 398 g/mol. The SMILES string of the molecule is COCCNC(=O)c1cn(C[C@@H]2CC(F)(F)CN2C(=O)c2coc(C)n2)nn1. The van der Waals surface area contributed by atoms with Crippen molar-refractivity contribution in [1.29, 1.82) is 0 Å². The highest BCUT2D eigenvalue weighted by atomic mass is 19.3. The van der Waals surface area contributed by atoms with Gasteiger partial charge in [-0.2, -0.15) is 0 Å². The fraction of sp³-hybridized carbons (Fsp3) is 0.562. The molecular formula is C16H20F2N6O4. The van der Waals surface area contributed by atoms with E-state index in [-0.39, 0.29) is 23.8 Å². The minimum Gasteiger partial charge on any atom is -0.448 e. The molecule has 10 nitrogen and oxygen atoms in total. The third-order valence-electron chi connectivity index (χ3n) is 4.24. The summed E-state index contributed by atoms with van der Waals surface area (Å²) in [5, 5.41) is 10.1. The van der Waals surface area contributed by atoms with E-state index in [2.05, 4.69) is 20.6 Å². The van der Waals surface area contributed by atoms with Crippen molar-refractivity contribution in [2.75, 3.05) is 26.8 Å². The van der Waals surface area contributed by atoms with Crippen molar-refractivity contribution >= 4 is 11.8 Å². The van der Waals surface area contributed by atoms with Gasteiger partial charge in [-0.15, -0.1) is 5.10 Å². The Bertz CT molecular complexity index is 852. The number of ether oxygens (including phenoxy) is 1. The van der Waals surface area contributed by atoms with Gasteiger partial charge in [0.25, 0.3) is 17.7 Å². The van der Waals surface area contributed by atoms with E-state index in [0.29, 0.717) is 13.2 Å². The van der Waals surface area contributed by atoms with Crippen LogP contribution in [0.2, 0.25) is 0 Å². The molecule has 2 amide bonds.